The van der Waals surface area contributed by atoms with Crippen LogP contribution in [-0.2, 0) is 4.74 Å². The lowest BCUT2D eigenvalue weighted by Crippen LogP contribution is -2.00. The second-order valence-electron chi connectivity index (χ2n) is 3.74. The summed E-state index contributed by atoms with van der Waals surface area (Å²) in [6, 6.07) is 3.85. The second kappa shape index (κ2) is 4.26. The van der Waals surface area contributed by atoms with Crippen LogP contribution in [0.5, 0.6) is 0 Å². The number of fused-ring (bicyclic) bond motifs is 1. The molecule has 3 rings (SSSR count). The Labute approximate surface area is 112 Å². The van der Waals surface area contributed by atoms with Gasteiger partial charge in [-0.3, -0.25) is 9.61 Å². The summed E-state index contributed by atoms with van der Waals surface area (Å²) in [4.78, 5) is 20.4. The SMILES string of the molecule is [C-]#[N+]c1cn2[nH]c(-c3cccs3)nc2c1C(=O)OC. The van der Waals surface area contributed by atoms with Gasteiger partial charge < -0.3 is 4.74 Å². The minimum Gasteiger partial charge on any atom is -0.466 e. The first-order valence-electron chi connectivity index (χ1n) is 5.35. The summed E-state index contributed by atoms with van der Waals surface area (Å²) in [6.45, 7) is 7.08. The van der Waals surface area contributed by atoms with E-state index in [-0.39, 0.29) is 11.3 Å². The lowest BCUT2D eigenvalue weighted by molar-refractivity contribution is 0.0604. The summed E-state index contributed by atoms with van der Waals surface area (Å²) in [6.07, 6.45) is 1.54. The molecule has 19 heavy (non-hydrogen) atoms. The molecule has 0 saturated carbocycles. The number of ether oxygens (including phenoxy) is 1. The van der Waals surface area contributed by atoms with E-state index in [0.717, 1.165) is 4.88 Å². The third-order valence-electron chi connectivity index (χ3n) is 2.67. The zero-order valence-electron chi connectivity index (χ0n) is 9.88. The molecule has 94 valence electrons. The van der Waals surface area contributed by atoms with Crippen LogP contribution in [-0.4, -0.2) is 27.7 Å². The number of nitrogens with one attached hydrogen (secondary N) is 1. The van der Waals surface area contributed by atoms with E-state index >= 15 is 0 Å². The van der Waals surface area contributed by atoms with Crippen molar-refractivity contribution in [3.05, 3.63) is 40.7 Å². The third-order valence-corrected chi connectivity index (χ3v) is 3.54. The molecule has 6 nitrogen and oxygen atoms in total. The Balaban J connectivity index is 2.23. The average molecular weight is 272 g/mol. The number of methoxy groups -OCH3 is 1. The molecule has 0 atom stereocenters. The van der Waals surface area contributed by atoms with E-state index in [2.05, 4.69) is 14.9 Å². The van der Waals surface area contributed by atoms with Gasteiger partial charge in [0.2, 0.25) is 5.69 Å². The molecule has 0 aliphatic heterocycles. The predicted molar refractivity (Wildman–Crippen MR) is 70.5 cm³/mol. The molecule has 0 spiro atoms. The number of rotatable bonds is 2. The summed E-state index contributed by atoms with van der Waals surface area (Å²) in [5, 5.41) is 4.98. The summed E-state index contributed by atoms with van der Waals surface area (Å²) in [5.41, 5.74) is 0.820. The molecule has 0 amide bonds. The molecule has 0 fully saturated rings. The van der Waals surface area contributed by atoms with Gasteiger partial charge in [0.15, 0.2) is 11.5 Å². The van der Waals surface area contributed by atoms with Crippen molar-refractivity contribution in [2.24, 2.45) is 0 Å². The normalized spacial score (nSPS) is 10.5. The van der Waals surface area contributed by atoms with Crippen LogP contribution in [0, 0.1) is 6.57 Å². The van der Waals surface area contributed by atoms with Crippen molar-refractivity contribution in [2.45, 2.75) is 0 Å². The van der Waals surface area contributed by atoms with Crippen LogP contribution in [0.2, 0.25) is 0 Å². The van der Waals surface area contributed by atoms with Crippen molar-refractivity contribution in [1.29, 1.82) is 0 Å². The van der Waals surface area contributed by atoms with Crippen LogP contribution in [0.1, 0.15) is 10.4 Å². The molecule has 0 radical (unpaired) electrons. The third kappa shape index (κ3) is 1.70. The number of thiophene rings is 1. The van der Waals surface area contributed by atoms with E-state index in [0.29, 0.717) is 11.5 Å². The smallest absolute Gasteiger partial charge is 0.331 e. The van der Waals surface area contributed by atoms with E-state index in [9.17, 15) is 4.79 Å². The van der Waals surface area contributed by atoms with Crippen LogP contribution in [0.25, 0.3) is 21.2 Å². The van der Waals surface area contributed by atoms with E-state index in [4.69, 9.17) is 11.3 Å². The zero-order chi connectivity index (χ0) is 13.4. The number of esters is 1. The quantitative estimate of drug-likeness (QED) is 0.576. The lowest BCUT2D eigenvalue weighted by Gasteiger charge is -1.95. The van der Waals surface area contributed by atoms with E-state index in [1.807, 2.05) is 17.5 Å². The topological polar surface area (TPSA) is 63.8 Å². The second-order valence-corrected chi connectivity index (χ2v) is 4.68. The van der Waals surface area contributed by atoms with Crippen LogP contribution < -0.4 is 0 Å². The van der Waals surface area contributed by atoms with E-state index in [1.165, 1.54) is 7.11 Å². The highest BCUT2D eigenvalue weighted by atomic mass is 32.1. The average Bonchev–Trinajstić information content (AvgIpc) is 3.11. The molecule has 3 aromatic rings. The maximum atomic E-state index is 11.7. The fourth-order valence-corrected chi connectivity index (χ4v) is 2.49. The number of hydrogen-bond donors (Lipinski definition) is 1. The number of carbonyl (C=O) groups excluding carboxylic acids is 1. The van der Waals surface area contributed by atoms with Crippen molar-refractivity contribution in [3.8, 4) is 10.7 Å². The van der Waals surface area contributed by atoms with Gasteiger partial charge >= 0.3 is 5.97 Å². The standard InChI is InChI=1S/C12H8N4O2S/c1-13-7-6-16-11(9(7)12(17)18-2)14-10(15-16)8-4-3-5-19-8/h3-6H,2H3,(H,14,15). The van der Waals surface area contributed by atoms with Crippen LogP contribution in [0.15, 0.2) is 23.7 Å². The number of nitrogens with zero attached hydrogens (tertiary/aromatic N) is 3. The lowest BCUT2D eigenvalue weighted by atomic mass is 10.3. The molecule has 0 aliphatic rings. The molecule has 0 bridgehead atoms. The van der Waals surface area contributed by atoms with Crippen LogP contribution >= 0.6 is 11.3 Å². The molecule has 3 heterocycles. The first kappa shape index (κ1) is 11.5. The molecular weight excluding hydrogens is 264 g/mol. The van der Waals surface area contributed by atoms with Gasteiger partial charge in [0, 0.05) is 6.20 Å². The highest BCUT2D eigenvalue weighted by Crippen LogP contribution is 2.29. The monoisotopic (exact) mass is 272 g/mol. The Morgan fingerprint density at radius 3 is 3.11 bits per heavy atom. The van der Waals surface area contributed by atoms with Gasteiger partial charge in [-0.05, 0) is 11.4 Å². The molecule has 0 unspecified atom stereocenters. The van der Waals surface area contributed by atoms with Crippen molar-refractivity contribution in [3.63, 3.8) is 0 Å². The molecule has 0 saturated heterocycles. The Hall–Kier alpha value is -2.59. The number of hydrogen-bond acceptors (Lipinski definition) is 4. The minimum atomic E-state index is -0.558. The Morgan fingerprint density at radius 1 is 1.63 bits per heavy atom. The van der Waals surface area contributed by atoms with E-state index < -0.39 is 5.97 Å². The van der Waals surface area contributed by atoms with Crippen molar-refractivity contribution < 1.29 is 9.53 Å². The molecule has 1 N–H and O–H groups in total. The predicted octanol–water partition coefficient (Wildman–Crippen LogP) is 2.73. The number of aromatic nitrogens is 3. The summed E-state index contributed by atoms with van der Waals surface area (Å²) < 4.78 is 6.26. The van der Waals surface area contributed by atoms with Gasteiger partial charge in [0.05, 0.1) is 18.6 Å². The maximum absolute atomic E-state index is 11.7. The number of H-pyrrole nitrogens is 1. The zero-order valence-corrected chi connectivity index (χ0v) is 10.7. The summed E-state index contributed by atoms with van der Waals surface area (Å²) in [5.74, 6) is 0.101. The number of aromatic amines is 1. The molecule has 0 aliphatic carbocycles. The van der Waals surface area contributed by atoms with Crippen molar-refractivity contribution in [2.75, 3.05) is 7.11 Å². The molecule has 7 heteroatoms. The molecule has 0 aromatic carbocycles. The van der Waals surface area contributed by atoms with Crippen molar-refractivity contribution in [1.82, 2.24) is 14.6 Å². The molecule has 3 aromatic heterocycles. The summed E-state index contributed by atoms with van der Waals surface area (Å²) >= 11 is 1.54. The van der Waals surface area contributed by atoms with Gasteiger partial charge in [-0.25, -0.2) is 14.6 Å². The van der Waals surface area contributed by atoms with Gasteiger partial charge in [-0.15, -0.1) is 11.3 Å². The van der Waals surface area contributed by atoms with Gasteiger partial charge in [0.1, 0.15) is 5.56 Å². The van der Waals surface area contributed by atoms with Crippen LogP contribution in [0.4, 0.5) is 5.69 Å². The van der Waals surface area contributed by atoms with Crippen molar-refractivity contribution >= 4 is 28.6 Å². The van der Waals surface area contributed by atoms with Crippen LogP contribution in [0.3, 0.4) is 0 Å². The maximum Gasteiger partial charge on any atom is 0.331 e. The Bertz CT molecular complexity index is 792. The summed E-state index contributed by atoms with van der Waals surface area (Å²) in [7, 11) is 1.28. The largest absolute Gasteiger partial charge is 0.466 e. The first-order valence-corrected chi connectivity index (χ1v) is 6.23. The van der Waals surface area contributed by atoms with E-state index in [1.54, 1.807) is 22.0 Å². The fraction of sp³-hybridized carbons (Fsp3) is 0.0833. The minimum absolute atomic E-state index is 0.191. The molecular formula is C12H8N4O2S. The Morgan fingerprint density at radius 2 is 2.47 bits per heavy atom. The fourth-order valence-electron chi connectivity index (χ4n) is 1.83. The highest BCUT2D eigenvalue weighted by molar-refractivity contribution is 7.13. The van der Waals surface area contributed by atoms with Gasteiger partial charge in [0.25, 0.3) is 0 Å². The van der Waals surface area contributed by atoms with Gasteiger partial charge in [-0.1, -0.05) is 6.07 Å². The number of carbonyl (C=O) groups is 1. The Kier molecular flexibility index (Phi) is 2.58. The first-order chi connectivity index (χ1) is 9.24. The highest BCUT2D eigenvalue weighted by Gasteiger charge is 2.22. The van der Waals surface area contributed by atoms with Gasteiger partial charge in [-0.2, -0.15) is 0 Å².